The van der Waals surface area contributed by atoms with Crippen molar-refractivity contribution in [3.8, 4) is 0 Å². The van der Waals surface area contributed by atoms with Crippen LogP contribution in [0.25, 0.3) is 0 Å². The molecule has 0 unspecified atom stereocenters. The predicted molar refractivity (Wildman–Crippen MR) is 116 cm³/mol. The molecule has 0 aromatic heterocycles. The molecule has 25 heavy (non-hydrogen) atoms. The van der Waals surface area contributed by atoms with Crippen molar-refractivity contribution in [3.63, 3.8) is 0 Å². The predicted octanol–water partition coefficient (Wildman–Crippen LogP) is 3.32. The Labute approximate surface area is 170 Å². The molecule has 1 rings (SSSR count). The zero-order chi connectivity index (χ0) is 17.6. The average molecular weight is 463 g/mol. The first-order valence-corrected chi connectivity index (χ1v) is 8.85. The molecule has 0 atom stereocenters. The van der Waals surface area contributed by atoms with Gasteiger partial charge < -0.3 is 19.7 Å². The average Bonchev–Trinajstić information content (AvgIpc) is 2.60. The van der Waals surface area contributed by atoms with Gasteiger partial charge in [0, 0.05) is 40.4 Å². The Morgan fingerprint density at radius 1 is 1.08 bits per heavy atom. The summed E-state index contributed by atoms with van der Waals surface area (Å²) >= 11 is 0. The summed E-state index contributed by atoms with van der Waals surface area (Å²) in [4.78, 5) is 6.84. The third kappa shape index (κ3) is 10.7. The zero-order valence-electron chi connectivity index (χ0n) is 16.1. The lowest BCUT2D eigenvalue weighted by Crippen LogP contribution is -2.38. The van der Waals surface area contributed by atoms with Crippen molar-refractivity contribution in [2.45, 2.75) is 33.2 Å². The first-order chi connectivity index (χ1) is 11.7. The number of nitrogens with zero attached hydrogens (tertiary/aromatic N) is 2. The third-order valence-corrected chi connectivity index (χ3v) is 3.69. The third-order valence-electron chi connectivity index (χ3n) is 3.69. The van der Waals surface area contributed by atoms with Gasteiger partial charge in [0.1, 0.15) is 0 Å². The molecule has 0 amide bonds. The van der Waals surface area contributed by atoms with Gasteiger partial charge in [-0.05, 0) is 30.9 Å². The molecule has 0 aliphatic carbocycles. The monoisotopic (exact) mass is 463 g/mol. The second-order valence-corrected chi connectivity index (χ2v) is 5.72. The maximum atomic E-state index is 5.47. The first-order valence-electron chi connectivity index (χ1n) is 8.85. The van der Waals surface area contributed by atoms with Gasteiger partial charge in [-0.25, -0.2) is 0 Å². The normalized spacial score (nSPS) is 11.1. The molecule has 0 bridgehead atoms. The Kier molecular flexibility index (Phi) is 14.9. The second-order valence-electron chi connectivity index (χ2n) is 5.72. The molecule has 1 aromatic carbocycles. The highest BCUT2D eigenvalue weighted by atomic mass is 127. The highest BCUT2D eigenvalue weighted by molar-refractivity contribution is 14.0. The number of aliphatic imine (C=N–C) groups is 1. The van der Waals surface area contributed by atoms with E-state index in [9.17, 15) is 0 Å². The Hall–Kier alpha value is -0.860. The molecule has 1 N–H and O–H groups in total. The van der Waals surface area contributed by atoms with E-state index in [1.807, 2.05) is 0 Å². The van der Waals surface area contributed by atoms with Crippen LogP contribution >= 0.6 is 24.0 Å². The smallest absolute Gasteiger partial charge is 0.193 e. The number of ether oxygens (including phenoxy) is 2. The van der Waals surface area contributed by atoms with Crippen LogP contribution in [0.2, 0.25) is 0 Å². The summed E-state index contributed by atoms with van der Waals surface area (Å²) < 4.78 is 10.4. The summed E-state index contributed by atoms with van der Waals surface area (Å²) in [5.41, 5.74) is 2.67. The Morgan fingerprint density at radius 2 is 1.76 bits per heavy atom. The van der Waals surface area contributed by atoms with Crippen LogP contribution in [0.3, 0.4) is 0 Å². The van der Waals surface area contributed by atoms with E-state index in [0.29, 0.717) is 19.8 Å². The summed E-state index contributed by atoms with van der Waals surface area (Å²) in [6.45, 7) is 8.74. The fourth-order valence-electron chi connectivity index (χ4n) is 2.29. The highest BCUT2D eigenvalue weighted by Gasteiger charge is 2.06. The van der Waals surface area contributed by atoms with Crippen LogP contribution in [-0.4, -0.2) is 57.9 Å². The first kappa shape index (κ1) is 24.1. The van der Waals surface area contributed by atoms with Gasteiger partial charge in [0.05, 0.1) is 13.2 Å². The SMILES string of the molecule is CCNC(=NCCCOCCOC)N(C)Cc1ccc(CC)cc1.I. The van der Waals surface area contributed by atoms with E-state index in [2.05, 4.69) is 60.4 Å². The van der Waals surface area contributed by atoms with Crippen molar-refractivity contribution < 1.29 is 9.47 Å². The molecule has 0 aliphatic rings. The van der Waals surface area contributed by atoms with E-state index in [0.717, 1.165) is 38.4 Å². The summed E-state index contributed by atoms with van der Waals surface area (Å²) in [6, 6.07) is 8.79. The van der Waals surface area contributed by atoms with Crippen molar-refractivity contribution in [3.05, 3.63) is 35.4 Å². The number of halogens is 1. The van der Waals surface area contributed by atoms with E-state index >= 15 is 0 Å². The molecule has 0 heterocycles. The minimum Gasteiger partial charge on any atom is -0.382 e. The number of aryl methyl sites for hydroxylation is 1. The molecule has 0 aliphatic heterocycles. The molecule has 0 saturated heterocycles. The van der Waals surface area contributed by atoms with Crippen LogP contribution in [0.15, 0.2) is 29.3 Å². The zero-order valence-corrected chi connectivity index (χ0v) is 18.4. The molecule has 5 nitrogen and oxygen atoms in total. The Balaban J connectivity index is 0.00000576. The summed E-state index contributed by atoms with van der Waals surface area (Å²) in [6.07, 6.45) is 1.99. The molecule has 0 spiro atoms. The van der Waals surface area contributed by atoms with Gasteiger partial charge in [0.25, 0.3) is 0 Å². The highest BCUT2D eigenvalue weighted by Crippen LogP contribution is 2.07. The van der Waals surface area contributed by atoms with Crippen molar-refractivity contribution in [2.75, 3.05) is 47.1 Å². The van der Waals surface area contributed by atoms with Gasteiger partial charge in [-0.1, -0.05) is 31.2 Å². The largest absolute Gasteiger partial charge is 0.382 e. The van der Waals surface area contributed by atoms with Crippen molar-refractivity contribution in [2.24, 2.45) is 4.99 Å². The number of nitrogens with one attached hydrogen (secondary N) is 1. The summed E-state index contributed by atoms with van der Waals surface area (Å²) in [7, 11) is 3.76. The fourth-order valence-corrected chi connectivity index (χ4v) is 2.29. The maximum Gasteiger partial charge on any atom is 0.193 e. The molecular weight excluding hydrogens is 429 g/mol. The summed E-state index contributed by atoms with van der Waals surface area (Å²) in [5, 5.41) is 3.35. The van der Waals surface area contributed by atoms with Crippen molar-refractivity contribution in [1.29, 1.82) is 0 Å². The number of rotatable bonds is 11. The molecular formula is C19H34IN3O2. The number of hydrogen-bond donors (Lipinski definition) is 1. The van der Waals surface area contributed by atoms with Gasteiger partial charge in [0.15, 0.2) is 5.96 Å². The molecule has 1 aromatic rings. The molecule has 6 heteroatoms. The molecule has 144 valence electrons. The van der Waals surface area contributed by atoms with Crippen LogP contribution in [0.4, 0.5) is 0 Å². The van der Waals surface area contributed by atoms with Gasteiger partial charge in [-0.2, -0.15) is 0 Å². The van der Waals surface area contributed by atoms with Crippen LogP contribution in [0.5, 0.6) is 0 Å². The van der Waals surface area contributed by atoms with Gasteiger partial charge in [-0.15, -0.1) is 24.0 Å². The van der Waals surface area contributed by atoms with Crippen LogP contribution in [0.1, 0.15) is 31.4 Å². The van der Waals surface area contributed by atoms with Crippen LogP contribution in [0, 0.1) is 0 Å². The molecule has 0 fully saturated rings. The van der Waals surface area contributed by atoms with E-state index in [4.69, 9.17) is 9.47 Å². The number of benzene rings is 1. The van der Waals surface area contributed by atoms with Gasteiger partial charge >= 0.3 is 0 Å². The van der Waals surface area contributed by atoms with Crippen molar-refractivity contribution >= 4 is 29.9 Å². The number of methoxy groups -OCH3 is 1. The minimum atomic E-state index is 0. The lowest BCUT2D eigenvalue weighted by molar-refractivity contribution is 0.0702. The Morgan fingerprint density at radius 3 is 2.36 bits per heavy atom. The standard InChI is InChI=1S/C19H33N3O2.HI/c1-5-17-8-10-18(11-9-17)16-22(3)19(20-6-2)21-12-7-13-24-15-14-23-4;/h8-11H,5-7,12-16H2,1-4H3,(H,20,21);1H. The van der Waals surface area contributed by atoms with Crippen molar-refractivity contribution in [1.82, 2.24) is 10.2 Å². The lowest BCUT2D eigenvalue weighted by Gasteiger charge is -2.22. The quantitative estimate of drug-likeness (QED) is 0.237. The molecule has 0 saturated carbocycles. The lowest BCUT2D eigenvalue weighted by atomic mass is 10.1. The van der Waals surface area contributed by atoms with Crippen LogP contribution in [-0.2, 0) is 22.4 Å². The molecule has 0 radical (unpaired) electrons. The number of guanidine groups is 1. The van der Waals surface area contributed by atoms with E-state index in [1.165, 1.54) is 11.1 Å². The second kappa shape index (κ2) is 15.4. The van der Waals surface area contributed by atoms with Crippen LogP contribution < -0.4 is 5.32 Å². The van der Waals surface area contributed by atoms with E-state index < -0.39 is 0 Å². The fraction of sp³-hybridized carbons (Fsp3) is 0.632. The minimum absolute atomic E-state index is 0. The number of hydrogen-bond acceptors (Lipinski definition) is 3. The Bertz CT molecular complexity index is 466. The topological polar surface area (TPSA) is 46.1 Å². The van der Waals surface area contributed by atoms with Gasteiger partial charge in [0.2, 0.25) is 0 Å². The van der Waals surface area contributed by atoms with E-state index in [-0.39, 0.29) is 24.0 Å². The van der Waals surface area contributed by atoms with E-state index in [1.54, 1.807) is 7.11 Å². The summed E-state index contributed by atoms with van der Waals surface area (Å²) in [5.74, 6) is 0.939. The maximum absolute atomic E-state index is 5.47. The van der Waals surface area contributed by atoms with Gasteiger partial charge in [-0.3, -0.25) is 4.99 Å².